The molecule has 0 bridgehead atoms. The van der Waals surface area contributed by atoms with Crippen LogP contribution in [0, 0.1) is 5.39 Å². The molecule has 17 heavy (non-hydrogen) atoms. The maximum atomic E-state index is 9.87. The summed E-state index contributed by atoms with van der Waals surface area (Å²) < 4.78 is 64.1. The number of hydrogen-bond donors (Lipinski definition) is 0. The zero-order chi connectivity index (χ0) is 13.6. The first kappa shape index (κ1) is 15.4. The van der Waals surface area contributed by atoms with Gasteiger partial charge in [-0.25, -0.2) is 0 Å². The van der Waals surface area contributed by atoms with E-state index >= 15 is 0 Å². The average Bonchev–Trinajstić information content (AvgIpc) is 2.11. The Kier molecular flexibility index (Phi) is 3.97. The second kappa shape index (κ2) is 4.37. The van der Waals surface area contributed by atoms with E-state index < -0.39 is 7.81 Å². The number of rotatable bonds is 2. The van der Waals surface area contributed by atoms with Crippen molar-refractivity contribution in [3.63, 3.8) is 0 Å². The van der Waals surface area contributed by atoms with Crippen LogP contribution in [0.2, 0.25) is 0 Å². The molecular weight excluding hydrogens is 273 g/mol. The molecule has 98 valence electrons. The summed E-state index contributed by atoms with van der Waals surface area (Å²) in [5, 5.41) is 8.03. The molecule has 1 aromatic carbocycles. The van der Waals surface area contributed by atoms with Crippen molar-refractivity contribution in [1.29, 1.82) is 5.39 Å². The molecule has 0 amide bonds. The van der Waals surface area contributed by atoms with E-state index in [1.165, 1.54) is 0 Å². The third-order valence-corrected chi connectivity index (χ3v) is 1.03. The number of hydrogen-bond acceptors (Lipinski definition) is 2. The van der Waals surface area contributed by atoms with Crippen LogP contribution in [0.1, 0.15) is 0 Å². The largest absolute Gasteiger partial charge is 0.447 e. The van der Waals surface area contributed by atoms with E-state index in [1.54, 1.807) is 12.1 Å². The quantitative estimate of drug-likeness (QED) is 0.421. The summed E-state index contributed by atoms with van der Waals surface area (Å²) >= 11 is 0. The van der Waals surface area contributed by atoms with Crippen LogP contribution in [-0.4, -0.2) is 6.73 Å². The molecular formula is C7H7F6N2OP. The van der Waals surface area contributed by atoms with Crippen LogP contribution in [0.4, 0.5) is 25.2 Å². The zero-order valence-corrected chi connectivity index (χ0v) is 9.01. The van der Waals surface area contributed by atoms with Crippen molar-refractivity contribution in [3.8, 4) is 5.75 Å². The Labute approximate surface area is 91.9 Å². The topological polar surface area (TPSA) is 37.4 Å². The van der Waals surface area contributed by atoms with Crippen molar-refractivity contribution in [2.24, 2.45) is 0 Å². The molecule has 0 saturated heterocycles. The van der Waals surface area contributed by atoms with Gasteiger partial charge in [-0.2, -0.15) is 0 Å². The Morgan fingerprint density at radius 1 is 1.00 bits per heavy atom. The van der Waals surface area contributed by atoms with E-state index in [2.05, 4.69) is 4.98 Å². The molecule has 10 heteroatoms. The van der Waals surface area contributed by atoms with E-state index in [9.17, 15) is 25.2 Å². The fraction of sp³-hybridized carbons (Fsp3) is 0.143. The summed E-state index contributed by atoms with van der Waals surface area (Å²) in [5.74, 6) is 0.709. The van der Waals surface area contributed by atoms with Gasteiger partial charge in [0, 0.05) is 0 Å². The van der Waals surface area contributed by atoms with Crippen LogP contribution in [0.15, 0.2) is 30.3 Å². The fourth-order valence-electron chi connectivity index (χ4n) is 0.620. The molecule has 0 atom stereocenters. The Balaban J connectivity index is 0.000000325. The van der Waals surface area contributed by atoms with Gasteiger partial charge in [0.25, 0.3) is 0 Å². The minimum atomic E-state index is -10.7. The monoisotopic (exact) mass is 280 g/mol. The third-order valence-electron chi connectivity index (χ3n) is 1.03. The summed E-state index contributed by atoms with van der Waals surface area (Å²) in [6, 6.07) is 9.19. The van der Waals surface area contributed by atoms with Crippen LogP contribution in [-0.2, 0) is 0 Å². The molecule has 0 spiro atoms. The summed E-state index contributed by atoms with van der Waals surface area (Å²) in [7, 11) is -10.7. The van der Waals surface area contributed by atoms with Crippen molar-refractivity contribution in [2.45, 2.75) is 0 Å². The van der Waals surface area contributed by atoms with Gasteiger partial charge in [-0.1, -0.05) is 18.2 Å². The zero-order valence-electron chi connectivity index (χ0n) is 8.11. The average molecular weight is 280 g/mol. The van der Waals surface area contributed by atoms with E-state index in [0.29, 0.717) is 5.75 Å². The normalized spacial score (nSPS) is 14.4. The first-order chi connectivity index (χ1) is 7.38. The van der Waals surface area contributed by atoms with Gasteiger partial charge in [0.1, 0.15) is 5.75 Å². The van der Waals surface area contributed by atoms with Gasteiger partial charge in [0.05, 0.1) is 0 Å². The molecule has 0 radical (unpaired) electrons. The summed E-state index contributed by atoms with van der Waals surface area (Å²) in [6.45, 7) is -0.00991. The predicted octanol–water partition coefficient (Wildman–Crippen LogP) is 5.26. The van der Waals surface area contributed by atoms with Gasteiger partial charge in [-0.15, -0.1) is 0 Å². The molecule has 0 unspecified atom stereocenters. The molecule has 0 aliphatic heterocycles. The van der Waals surface area contributed by atoms with Gasteiger partial charge in [-0.05, 0) is 12.1 Å². The van der Waals surface area contributed by atoms with Crippen LogP contribution < -0.4 is 4.74 Å². The Hall–Kier alpha value is -1.55. The molecule has 0 aliphatic carbocycles. The SMILES string of the molecule is F[P-](F)(F)(F)(F)F.N#[N+]COc1ccccc1. The van der Waals surface area contributed by atoms with Crippen molar-refractivity contribution < 1.29 is 29.9 Å². The number of diazo groups is 1. The molecule has 1 aromatic rings. The summed E-state index contributed by atoms with van der Waals surface area (Å²) in [5.41, 5.74) is 0. The van der Waals surface area contributed by atoms with Gasteiger partial charge in [0.2, 0.25) is 5.39 Å². The van der Waals surface area contributed by atoms with Crippen LogP contribution in [0.3, 0.4) is 0 Å². The predicted molar refractivity (Wildman–Crippen MR) is 50.6 cm³/mol. The van der Waals surface area contributed by atoms with Gasteiger partial charge < -0.3 is 4.74 Å². The number of benzene rings is 1. The molecule has 1 rings (SSSR count). The van der Waals surface area contributed by atoms with Gasteiger partial charge >= 0.3 is 39.7 Å². The molecule has 0 heterocycles. The van der Waals surface area contributed by atoms with Crippen molar-refractivity contribution in [3.05, 3.63) is 35.3 Å². The minimum absolute atomic E-state index is 0.00991. The van der Waals surface area contributed by atoms with Crippen molar-refractivity contribution >= 4 is 7.81 Å². The maximum Gasteiger partial charge on any atom is 0.447 e. The fourth-order valence-corrected chi connectivity index (χ4v) is 0.620. The number of para-hydroxylation sites is 1. The van der Waals surface area contributed by atoms with Gasteiger partial charge in [-0.3, -0.25) is 0 Å². The van der Waals surface area contributed by atoms with Crippen molar-refractivity contribution in [1.82, 2.24) is 0 Å². The maximum absolute atomic E-state index is 10.7. The molecule has 0 aromatic heterocycles. The van der Waals surface area contributed by atoms with E-state index in [-0.39, 0.29) is 6.73 Å². The van der Waals surface area contributed by atoms with Crippen LogP contribution >= 0.6 is 7.81 Å². The Morgan fingerprint density at radius 2 is 1.41 bits per heavy atom. The van der Waals surface area contributed by atoms with Crippen LogP contribution in [0.5, 0.6) is 5.75 Å². The number of ether oxygens (including phenoxy) is 1. The van der Waals surface area contributed by atoms with Gasteiger partial charge in [0.15, 0.2) is 4.98 Å². The molecule has 0 saturated carbocycles. The Morgan fingerprint density at radius 3 is 1.76 bits per heavy atom. The van der Waals surface area contributed by atoms with E-state index in [0.717, 1.165) is 0 Å². The molecule has 0 aliphatic rings. The third kappa shape index (κ3) is 20.5. The first-order valence-corrected chi connectivity index (χ1v) is 5.96. The first-order valence-electron chi connectivity index (χ1n) is 3.93. The second-order valence-electron chi connectivity index (χ2n) is 2.69. The smallest absolute Gasteiger partial charge is 0.420 e. The summed E-state index contributed by atoms with van der Waals surface area (Å²) in [6.07, 6.45) is 0. The van der Waals surface area contributed by atoms with E-state index in [4.69, 9.17) is 10.1 Å². The standard InChI is InChI=1S/C7H7N2O.F6P/c8-9-6-10-7-4-2-1-3-5-7;1-7(2,3,4,5)6/h1-5H,6H2;/q+1;-1. The number of nitrogens with zero attached hydrogens (tertiary/aromatic N) is 2. The van der Waals surface area contributed by atoms with E-state index in [1.807, 2.05) is 18.2 Å². The summed E-state index contributed by atoms with van der Waals surface area (Å²) in [4.78, 5) is 2.81. The Bertz CT molecular complexity index is 385. The number of halogens is 6. The minimum Gasteiger partial charge on any atom is -0.420 e. The molecule has 0 N–H and O–H groups in total. The molecule has 3 nitrogen and oxygen atoms in total. The molecule has 0 fully saturated rings. The van der Waals surface area contributed by atoms with Crippen molar-refractivity contribution in [2.75, 3.05) is 6.73 Å². The van der Waals surface area contributed by atoms with Crippen LogP contribution in [0.25, 0.3) is 4.98 Å². The second-order valence-corrected chi connectivity index (χ2v) is 4.60.